The van der Waals surface area contributed by atoms with Gasteiger partial charge in [0.25, 0.3) is 0 Å². The van der Waals surface area contributed by atoms with Crippen molar-refractivity contribution in [2.75, 3.05) is 11.9 Å². The smallest absolute Gasteiger partial charge is 0.250 e. The van der Waals surface area contributed by atoms with Gasteiger partial charge in [0.1, 0.15) is 5.82 Å². The summed E-state index contributed by atoms with van der Waals surface area (Å²) in [5, 5.41) is 3.68. The number of amides is 1. The molecule has 1 aromatic heterocycles. The van der Waals surface area contributed by atoms with E-state index in [4.69, 9.17) is 17.3 Å². The maximum atomic E-state index is 10.9. The maximum absolute atomic E-state index is 10.9. The quantitative estimate of drug-likeness (QED) is 0.847. The van der Waals surface area contributed by atoms with Crippen LogP contribution in [0, 0.1) is 5.41 Å². The van der Waals surface area contributed by atoms with Crippen molar-refractivity contribution in [3.8, 4) is 0 Å². The van der Waals surface area contributed by atoms with E-state index in [-0.39, 0.29) is 0 Å². The van der Waals surface area contributed by atoms with Crippen LogP contribution in [0.25, 0.3) is 0 Å². The molecule has 3 N–H and O–H groups in total. The Balaban J connectivity index is 2.04. The average Bonchev–Trinajstić information content (AvgIpc) is 3.08. The topological polar surface area (TPSA) is 68.0 Å². The largest absolute Gasteiger partial charge is 0.368 e. The predicted molar refractivity (Wildman–Crippen MR) is 68.2 cm³/mol. The lowest BCUT2D eigenvalue weighted by Crippen LogP contribution is -2.16. The van der Waals surface area contributed by atoms with E-state index in [0.717, 1.165) is 13.0 Å². The molecular weight excluding hydrogens is 238 g/mol. The van der Waals surface area contributed by atoms with Gasteiger partial charge in [-0.25, -0.2) is 4.98 Å². The van der Waals surface area contributed by atoms with Crippen LogP contribution >= 0.6 is 11.6 Å². The summed E-state index contributed by atoms with van der Waals surface area (Å²) in [6, 6.07) is 1.55. The van der Waals surface area contributed by atoms with Gasteiger partial charge in [-0.1, -0.05) is 18.5 Å². The summed E-state index contributed by atoms with van der Waals surface area (Å²) in [7, 11) is 0. The molecule has 0 aromatic carbocycles. The van der Waals surface area contributed by atoms with E-state index in [9.17, 15) is 4.79 Å². The summed E-state index contributed by atoms with van der Waals surface area (Å²) in [4.78, 5) is 15.1. The number of carbonyl (C=O) groups is 1. The third-order valence-corrected chi connectivity index (χ3v) is 3.75. The molecule has 0 unspecified atom stereocenters. The Labute approximate surface area is 106 Å². The predicted octanol–water partition coefficient (Wildman–Crippen LogP) is 2.44. The second-order valence-corrected chi connectivity index (χ2v) is 5.03. The minimum absolute atomic E-state index is 0.331. The van der Waals surface area contributed by atoms with E-state index in [1.807, 2.05) is 0 Å². The molecule has 1 aliphatic carbocycles. The summed E-state index contributed by atoms with van der Waals surface area (Å²) in [6.07, 6.45) is 5.13. The Morgan fingerprint density at radius 1 is 1.65 bits per heavy atom. The second kappa shape index (κ2) is 4.53. The summed E-state index contributed by atoms with van der Waals surface area (Å²) in [6.45, 7) is 3.08. The van der Waals surface area contributed by atoms with Gasteiger partial charge >= 0.3 is 0 Å². The first-order valence-electron chi connectivity index (χ1n) is 5.75. The van der Waals surface area contributed by atoms with Crippen LogP contribution in [0.1, 0.15) is 36.5 Å². The molecule has 0 saturated heterocycles. The Kier molecular flexibility index (Phi) is 3.24. The number of pyridine rings is 1. The van der Waals surface area contributed by atoms with Crippen molar-refractivity contribution in [1.82, 2.24) is 4.98 Å². The molecule has 4 nitrogen and oxygen atoms in total. The number of anilines is 1. The number of aromatic nitrogens is 1. The van der Waals surface area contributed by atoms with E-state index < -0.39 is 5.91 Å². The van der Waals surface area contributed by atoms with Crippen molar-refractivity contribution in [2.45, 2.75) is 26.2 Å². The maximum Gasteiger partial charge on any atom is 0.250 e. The molecule has 5 heteroatoms. The van der Waals surface area contributed by atoms with E-state index in [0.29, 0.717) is 21.8 Å². The van der Waals surface area contributed by atoms with Crippen molar-refractivity contribution in [3.63, 3.8) is 0 Å². The summed E-state index contributed by atoms with van der Waals surface area (Å²) >= 11 is 6.03. The Morgan fingerprint density at radius 2 is 2.35 bits per heavy atom. The number of halogens is 1. The molecule has 0 atom stereocenters. The fourth-order valence-corrected chi connectivity index (χ4v) is 2.04. The molecule has 0 aliphatic heterocycles. The standard InChI is InChI=1S/C12H16ClN3O/c1-2-12(3-4-12)7-16-11-9(13)5-8(6-15-11)10(14)17/h5-6H,2-4,7H2,1H3,(H2,14,17)(H,15,16). The molecule has 0 bridgehead atoms. The third-order valence-electron chi connectivity index (χ3n) is 3.46. The first-order chi connectivity index (χ1) is 8.06. The van der Waals surface area contributed by atoms with Crippen molar-refractivity contribution in [1.29, 1.82) is 0 Å². The van der Waals surface area contributed by atoms with Gasteiger partial charge < -0.3 is 11.1 Å². The van der Waals surface area contributed by atoms with Crippen molar-refractivity contribution in [2.24, 2.45) is 11.1 Å². The lowest BCUT2D eigenvalue weighted by atomic mass is 10.0. The minimum atomic E-state index is -0.516. The lowest BCUT2D eigenvalue weighted by molar-refractivity contribution is 0.1000. The Bertz CT molecular complexity index is 443. The van der Waals surface area contributed by atoms with Gasteiger partial charge in [0.05, 0.1) is 10.6 Å². The zero-order chi connectivity index (χ0) is 12.5. The molecule has 1 aromatic rings. The van der Waals surface area contributed by atoms with E-state index in [1.54, 1.807) is 6.07 Å². The lowest BCUT2D eigenvalue weighted by Gasteiger charge is -2.14. The number of rotatable bonds is 5. The Morgan fingerprint density at radius 3 is 2.82 bits per heavy atom. The highest BCUT2D eigenvalue weighted by Crippen LogP contribution is 2.48. The van der Waals surface area contributed by atoms with Gasteiger partial charge in [-0.3, -0.25) is 4.79 Å². The second-order valence-electron chi connectivity index (χ2n) is 4.63. The highest BCUT2D eigenvalue weighted by atomic mass is 35.5. The highest BCUT2D eigenvalue weighted by molar-refractivity contribution is 6.33. The molecule has 2 rings (SSSR count). The molecule has 1 heterocycles. The molecule has 1 fully saturated rings. The fraction of sp³-hybridized carbons (Fsp3) is 0.500. The van der Waals surface area contributed by atoms with Crippen LogP contribution in [0.15, 0.2) is 12.3 Å². The fourth-order valence-electron chi connectivity index (χ4n) is 1.81. The van der Waals surface area contributed by atoms with Crippen LogP contribution in [0.2, 0.25) is 5.02 Å². The molecular formula is C12H16ClN3O. The van der Waals surface area contributed by atoms with Crippen LogP contribution in [0.4, 0.5) is 5.82 Å². The first kappa shape index (κ1) is 12.2. The van der Waals surface area contributed by atoms with Gasteiger partial charge in [0, 0.05) is 12.7 Å². The molecule has 0 spiro atoms. The zero-order valence-corrected chi connectivity index (χ0v) is 10.5. The minimum Gasteiger partial charge on any atom is -0.368 e. The van der Waals surface area contributed by atoms with Crippen LogP contribution < -0.4 is 11.1 Å². The summed E-state index contributed by atoms with van der Waals surface area (Å²) in [5.41, 5.74) is 5.90. The molecule has 1 saturated carbocycles. The number of carbonyl (C=O) groups excluding carboxylic acids is 1. The highest BCUT2D eigenvalue weighted by Gasteiger charge is 2.40. The molecule has 92 valence electrons. The summed E-state index contributed by atoms with van der Waals surface area (Å²) < 4.78 is 0. The zero-order valence-electron chi connectivity index (χ0n) is 9.79. The Hall–Kier alpha value is -1.29. The average molecular weight is 254 g/mol. The van der Waals surface area contributed by atoms with Crippen LogP contribution in [0.3, 0.4) is 0 Å². The number of nitrogens with zero attached hydrogens (tertiary/aromatic N) is 1. The molecule has 0 radical (unpaired) electrons. The number of hydrogen-bond acceptors (Lipinski definition) is 3. The molecule has 1 amide bonds. The van der Waals surface area contributed by atoms with Crippen LogP contribution in [-0.4, -0.2) is 17.4 Å². The summed E-state index contributed by atoms with van der Waals surface area (Å²) in [5.74, 6) is 0.106. The van der Waals surface area contributed by atoms with Gasteiger partial charge in [-0.2, -0.15) is 0 Å². The van der Waals surface area contributed by atoms with Gasteiger partial charge in [-0.05, 0) is 30.7 Å². The van der Waals surface area contributed by atoms with Crippen molar-refractivity contribution in [3.05, 3.63) is 22.8 Å². The number of hydrogen-bond donors (Lipinski definition) is 2. The monoisotopic (exact) mass is 253 g/mol. The molecule has 17 heavy (non-hydrogen) atoms. The number of primary amides is 1. The van der Waals surface area contributed by atoms with Gasteiger partial charge in [0.2, 0.25) is 5.91 Å². The normalized spacial score (nSPS) is 16.6. The SMILES string of the molecule is CCC1(CNc2ncc(C(N)=O)cc2Cl)CC1. The number of nitrogens with one attached hydrogen (secondary N) is 1. The van der Waals surface area contributed by atoms with Crippen LogP contribution in [0.5, 0.6) is 0 Å². The molecule has 1 aliphatic rings. The van der Waals surface area contributed by atoms with E-state index >= 15 is 0 Å². The van der Waals surface area contributed by atoms with Gasteiger partial charge in [0.15, 0.2) is 0 Å². The first-order valence-corrected chi connectivity index (χ1v) is 6.13. The van der Waals surface area contributed by atoms with Crippen LogP contribution in [-0.2, 0) is 0 Å². The van der Waals surface area contributed by atoms with Crippen molar-refractivity contribution < 1.29 is 4.79 Å². The third kappa shape index (κ3) is 2.69. The number of nitrogens with two attached hydrogens (primary N) is 1. The van der Waals surface area contributed by atoms with Crippen molar-refractivity contribution >= 4 is 23.3 Å². The van der Waals surface area contributed by atoms with E-state index in [2.05, 4.69) is 17.2 Å². The van der Waals surface area contributed by atoms with E-state index in [1.165, 1.54) is 19.0 Å². The van der Waals surface area contributed by atoms with Gasteiger partial charge in [-0.15, -0.1) is 0 Å².